The second-order valence-corrected chi connectivity index (χ2v) is 5.60. The van der Waals surface area contributed by atoms with Crippen molar-refractivity contribution < 1.29 is 0 Å². The molecule has 0 amide bonds. The second-order valence-electron chi connectivity index (χ2n) is 5.60. The van der Waals surface area contributed by atoms with Crippen molar-refractivity contribution in [1.29, 1.82) is 0 Å². The normalized spacial score (nSPS) is 27.4. The summed E-state index contributed by atoms with van der Waals surface area (Å²) in [6.07, 6.45) is 1.44. The average molecular weight is 212 g/mol. The summed E-state index contributed by atoms with van der Waals surface area (Å²) in [5, 5.41) is 3.58. The summed E-state index contributed by atoms with van der Waals surface area (Å²) in [5.74, 6) is 2.68. The Morgan fingerprint density at radius 2 is 2.00 bits per heavy atom. The summed E-state index contributed by atoms with van der Waals surface area (Å²) in [7, 11) is 2.26. The maximum atomic E-state index is 3.58. The van der Waals surface area contributed by atoms with Crippen LogP contribution in [0.3, 0.4) is 0 Å². The van der Waals surface area contributed by atoms with Gasteiger partial charge in [-0.1, -0.05) is 27.7 Å². The summed E-state index contributed by atoms with van der Waals surface area (Å²) in [6.45, 7) is 12.7. The van der Waals surface area contributed by atoms with Crippen LogP contribution in [0.2, 0.25) is 0 Å². The van der Waals surface area contributed by atoms with Crippen molar-refractivity contribution in [2.45, 2.75) is 40.2 Å². The molecule has 1 aliphatic carbocycles. The largest absolute Gasteiger partial charge is 0.313 e. The van der Waals surface area contributed by atoms with Crippen LogP contribution in [0.5, 0.6) is 0 Å². The van der Waals surface area contributed by atoms with E-state index in [1.165, 1.54) is 19.5 Å². The zero-order chi connectivity index (χ0) is 11.4. The monoisotopic (exact) mass is 212 g/mol. The summed E-state index contributed by atoms with van der Waals surface area (Å²) in [6, 6.07) is 0.647. The Morgan fingerprint density at radius 3 is 2.40 bits per heavy atom. The van der Waals surface area contributed by atoms with Gasteiger partial charge in [-0.3, -0.25) is 0 Å². The van der Waals surface area contributed by atoms with Gasteiger partial charge in [0.15, 0.2) is 0 Å². The Kier molecular flexibility index (Phi) is 5.07. The highest BCUT2D eigenvalue weighted by Gasteiger charge is 2.33. The van der Waals surface area contributed by atoms with Crippen LogP contribution < -0.4 is 5.32 Å². The van der Waals surface area contributed by atoms with Gasteiger partial charge >= 0.3 is 0 Å². The van der Waals surface area contributed by atoms with Crippen LogP contribution in [0.4, 0.5) is 0 Å². The SMILES string of the molecule is CCNC(CN(C)CC1CC1C)C(C)C. The minimum absolute atomic E-state index is 0.647. The molecule has 3 atom stereocenters. The van der Waals surface area contributed by atoms with E-state index in [9.17, 15) is 0 Å². The first-order valence-corrected chi connectivity index (χ1v) is 6.46. The van der Waals surface area contributed by atoms with Crippen molar-refractivity contribution in [3.8, 4) is 0 Å². The molecule has 2 heteroatoms. The highest BCUT2D eigenvalue weighted by molar-refractivity contribution is 4.85. The van der Waals surface area contributed by atoms with Gasteiger partial charge in [0.25, 0.3) is 0 Å². The third kappa shape index (κ3) is 4.52. The quantitative estimate of drug-likeness (QED) is 0.696. The molecule has 90 valence electrons. The molecule has 0 bridgehead atoms. The van der Waals surface area contributed by atoms with E-state index in [4.69, 9.17) is 0 Å². The number of hydrogen-bond donors (Lipinski definition) is 1. The van der Waals surface area contributed by atoms with Gasteiger partial charge < -0.3 is 10.2 Å². The van der Waals surface area contributed by atoms with Crippen molar-refractivity contribution in [3.63, 3.8) is 0 Å². The highest BCUT2D eigenvalue weighted by atomic mass is 15.1. The van der Waals surface area contributed by atoms with Gasteiger partial charge in [0, 0.05) is 19.1 Å². The molecule has 3 unspecified atom stereocenters. The lowest BCUT2D eigenvalue weighted by Crippen LogP contribution is -2.43. The Hall–Kier alpha value is -0.0800. The van der Waals surface area contributed by atoms with E-state index in [0.717, 1.165) is 24.3 Å². The molecule has 0 heterocycles. The van der Waals surface area contributed by atoms with E-state index in [1.807, 2.05) is 0 Å². The van der Waals surface area contributed by atoms with Crippen LogP contribution >= 0.6 is 0 Å². The van der Waals surface area contributed by atoms with E-state index in [1.54, 1.807) is 0 Å². The molecule has 0 aromatic rings. The van der Waals surface area contributed by atoms with Gasteiger partial charge in [0.2, 0.25) is 0 Å². The van der Waals surface area contributed by atoms with E-state index >= 15 is 0 Å². The molecular formula is C13H28N2. The van der Waals surface area contributed by atoms with Crippen molar-refractivity contribution in [2.75, 3.05) is 26.7 Å². The van der Waals surface area contributed by atoms with Crippen molar-refractivity contribution in [3.05, 3.63) is 0 Å². The molecule has 1 fully saturated rings. The lowest BCUT2D eigenvalue weighted by molar-refractivity contribution is 0.246. The van der Waals surface area contributed by atoms with Gasteiger partial charge in [-0.2, -0.15) is 0 Å². The molecule has 0 saturated heterocycles. The van der Waals surface area contributed by atoms with Crippen LogP contribution in [0, 0.1) is 17.8 Å². The third-order valence-electron chi connectivity index (χ3n) is 3.60. The first-order valence-electron chi connectivity index (χ1n) is 6.46. The Balaban J connectivity index is 2.23. The van der Waals surface area contributed by atoms with Crippen molar-refractivity contribution in [2.24, 2.45) is 17.8 Å². The molecule has 0 spiro atoms. The van der Waals surface area contributed by atoms with E-state index < -0.39 is 0 Å². The maximum absolute atomic E-state index is 3.58. The van der Waals surface area contributed by atoms with Crippen LogP contribution in [0.1, 0.15) is 34.1 Å². The maximum Gasteiger partial charge on any atom is 0.0217 e. The molecule has 0 radical (unpaired) electrons. The van der Waals surface area contributed by atoms with Crippen LogP contribution in [0.25, 0.3) is 0 Å². The molecule has 0 aromatic heterocycles. The van der Waals surface area contributed by atoms with E-state index in [-0.39, 0.29) is 0 Å². The Morgan fingerprint density at radius 1 is 1.40 bits per heavy atom. The van der Waals surface area contributed by atoms with Gasteiger partial charge in [-0.05, 0) is 37.8 Å². The number of likely N-dealkylation sites (N-methyl/N-ethyl adjacent to an activating group) is 2. The van der Waals surface area contributed by atoms with Crippen LogP contribution in [-0.2, 0) is 0 Å². The smallest absolute Gasteiger partial charge is 0.0217 e. The summed E-state index contributed by atoms with van der Waals surface area (Å²) in [4.78, 5) is 2.50. The number of nitrogens with one attached hydrogen (secondary N) is 1. The number of nitrogens with zero attached hydrogens (tertiary/aromatic N) is 1. The van der Waals surface area contributed by atoms with Crippen LogP contribution in [-0.4, -0.2) is 37.6 Å². The van der Waals surface area contributed by atoms with Gasteiger partial charge in [0.1, 0.15) is 0 Å². The molecule has 15 heavy (non-hydrogen) atoms. The molecule has 1 N–H and O–H groups in total. The topological polar surface area (TPSA) is 15.3 Å². The van der Waals surface area contributed by atoms with Gasteiger partial charge in [-0.25, -0.2) is 0 Å². The molecule has 1 rings (SSSR count). The molecule has 0 aliphatic heterocycles. The lowest BCUT2D eigenvalue weighted by Gasteiger charge is -2.27. The first kappa shape index (κ1) is 13.0. The minimum atomic E-state index is 0.647. The number of hydrogen-bond acceptors (Lipinski definition) is 2. The lowest BCUT2D eigenvalue weighted by atomic mass is 10.0. The van der Waals surface area contributed by atoms with Crippen molar-refractivity contribution >= 4 is 0 Å². The zero-order valence-electron chi connectivity index (χ0n) is 11.1. The molecule has 1 saturated carbocycles. The fraction of sp³-hybridized carbons (Fsp3) is 1.00. The van der Waals surface area contributed by atoms with E-state index in [2.05, 4.69) is 45.0 Å². The predicted molar refractivity (Wildman–Crippen MR) is 67.1 cm³/mol. The summed E-state index contributed by atoms with van der Waals surface area (Å²) < 4.78 is 0. The minimum Gasteiger partial charge on any atom is -0.313 e. The third-order valence-corrected chi connectivity index (χ3v) is 3.60. The summed E-state index contributed by atoms with van der Waals surface area (Å²) >= 11 is 0. The standard InChI is InChI=1S/C13H28N2/c1-6-14-13(10(2)3)9-15(5)8-12-7-11(12)4/h10-14H,6-9H2,1-5H3. The molecule has 0 aromatic carbocycles. The Bertz CT molecular complexity index is 179. The molecule has 1 aliphatic rings. The molecule has 2 nitrogen and oxygen atoms in total. The summed E-state index contributed by atoms with van der Waals surface area (Å²) in [5.41, 5.74) is 0. The number of rotatable bonds is 7. The Labute approximate surface area is 95.4 Å². The van der Waals surface area contributed by atoms with Gasteiger partial charge in [0.05, 0.1) is 0 Å². The predicted octanol–water partition coefficient (Wildman–Crippen LogP) is 2.21. The van der Waals surface area contributed by atoms with Crippen LogP contribution in [0.15, 0.2) is 0 Å². The zero-order valence-corrected chi connectivity index (χ0v) is 11.1. The van der Waals surface area contributed by atoms with Gasteiger partial charge in [-0.15, -0.1) is 0 Å². The fourth-order valence-electron chi connectivity index (χ4n) is 2.24. The molecular weight excluding hydrogens is 184 g/mol. The highest BCUT2D eigenvalue weighted by Crippen LogP contribution is 2.37. The van der Waals surface area contributed by atoms with E-state index in [0.29, 0.717) is 6.04 Å². The average Bonchev–Trinajstić information content (AvgIpc) is 2.80. The van der Waals surface area contributed by atoms with Crippen molar-refractivity contribution in [1.82, 2.24) is 10.2 Å². The first-order chi connectivity index (χ1) is 7.04. The second kappa shape index (κ2) is 5.86. The fourth-order valence-corrected chi connectivity index (χ4v) is 2.24.